The summed E-state index contributed by atoms with van der Waals surface area (Å²) in [5.74, 6) is 0.694. The van der Waals surface area contributed by atoms with E-state index in [1.54, 1.807) is 0 Å². The maximum absolute atomic E-state index is 13.6. The van der Waals surface area contributed by atoms with E-state index in [-0.39, 0.29) is 31.5 Å². The van der Waals surface area contributed by atoms with E-state index in [0.29, 0.717) is 18.4 Å². The highest BCUT2D eigenvalue weighted by Gasteiger charge is 2.36. The summed E-state index contributed by atoms with van der Waals surface area (Å²) in [6, 6.07) is 5.54. The van der Waals surface area contributed by atoms with Crippen molar-refractivity contribution in [1.29, 1.82) is 5.26 Å². The first-order valence-electron chi connectivity index (χ1n) is 10.8. The number of likely N-dealkylation sites (tertiary alicyclic amines) is 2. The monoisotopic (exact) mass is 450 g/mol. The van der Waals surface area contributed by atoms with Crippen LogP contribution in [0.25, 0.3) is 0 Å². The van der Waals surface area contributed by atoms with Crippen molar-refractivity contribution >= 4 is 29.0 Å². The minimum atomic E-state index is -1.10. The largest absolute Gasteiger partial charge is 0.382 e. The fourth-order valence-corrected chi connectivity index (χ4v) is 4.66. The molecule has 0 radical (unpaired) electrons. The average molecular weight is 451 g/mol. The molecule has 1 aromatic heterocycles. The lowest BCUT2D eigenvalue weighted by Crippen LogP contribution is -2.46. The molecule has 0 aromatic carbocycles. The lowest BCUT2D eigenvalue weighted by atomic mass is 10.0. The number of piperidine rings is 1. The Bertz CT molecular complexity index is 823. The zero-order chi connectivity index (χ0) is 21.8. The first kappa shape index (κ1) is 22.1. The molecule has 4 rings (SSSR count). The second-order valence-corrected chi connectivity index (χ2v) is 8.74. The van der Waals surface area contributed by atoms with Crippen molar-refractivity contribution in [1.82, 2.24) is 14.8 Å². The summed E-state index contributed by atoms with van der Waals surface area (Å²) in [5, 5.41) is 13.2. The van der Waals surface area contributed by atoms with E-state index < -0.39 is 12.2 Å². The number of nitrogens with one attached hydrogen (secondary N) is 1. The number of carbonyl (C=O) groups excluding carboxylic acids is 1. The Morgan fingerprint density at radius 1 is 1.29 bits per heavy atom. The molecule has 8 nitrogen and oxygen atoms in total. The minimum absolute atomic E-state index is 0.0311. The highest BCUT2D eigenvalue weighted by Crippen LogP contribution is 2.25. The van der Waals surface area contributed by atoms with Crippen LogP contribution < -0.4 is 10.2 Å². The van der Waals surface area contributed by atoms with Gasteiger partial charge in [0.15, 0.2) is 0 Å². The molecule has 3 aliphatic rings. The number of anilines is 2. The van der Waals surface area contributed by atoms with Crippen molar-refractivity contribution in [3.63, 3.8) is 0 Å². The molecule has 1 N–H and O–H groups in total. The molecular weight excluding hydrogens is 423 g/mol. The number of nitrogens with zero attached hydrogens (tertiary/aromatic N) is 5. The van der Waals surface area contributed by atoms with Gasteiger partial charge in [-0.15, -0.1) is 0 Å². The van der Waals surface area contributed by atoms with Gasteiger partial charge in [-0.1, -0.05) is 11.6 Å². The maximum Gasteiger partial charge on any atom is 0.237 e. The topological polar surface area (TPSA) is 84.7 Å². The summed E-state index contributed by atoms with van der Waals surface area (Å²) in [6.45, 7) is 4.77. The van der Waals surface area contributed by atoms with Crippen LogP contribution in [0.4, 0.5) is 15.9 Å². The number of alkyl halides is 1. The van der Waals surface area contributed by atoms with Crippen LogP contribution in [0.2, 0.25) is 5.15 Å². The Kier molecular flexibility index (Phi) is 7.10. The highest BCUT2D eigenvalue weighted by molar-refractivity contribution is 6.29. The lowest BCUT2D eigenvalue weighted by molar-refractivity contribution is -0.132. The number of hydrogen-bond donors (Lipinski definition) is 1. The van der Waals surface area contributed by atoms with Crippen molar-refractivity contribution < 1.29 is 13.9 Å². The third kappa shape index (κ3) is 5.56. The van der Waals surface area contributed by atoms with Crippen molar-refractivity contribution in [3.05, 3.63) is 17.3 Å². The Labute approximate surface area is 186 Å². The second-order valence-electron chi connectivity index (χ2n) is 8.35. The quantitative estimate of drug-likeness (QED) is 0.686. The van der Waals surface area contributed by atoms with Gasteiger partial charge in [-0.2, -0.15) is 5.26 Å². The van der Waals surface area contributed by atoms with Gasteiger partial charge in [0.2, 0.25) is 5.91 Å². The predicted octanol–water partition coefficient (Wildman–Crippen LogP) is 1.91. The summed E-state index contributed by atoms with van der Waals surface area (Å²) in [6.07, 6.45) is 0.786. The van der Waals surface area contributed by atoms with Gasteiger partial charge in [0.25, 0.3) is 0 Å². The molecule has 10 heteroatoms. The van der Waals surface area contributed by atoms with Crippen LogP contribution >= 0.6 is 11.6 Å². The number of morpholine rings is 1. The number of ether oxygens (including phenoxy) is 1. The summed E-state index contributed by atoms with van der Waals surface area (Å²) in [7, 11) is 0. The smallest absolute Gasteiger partial charge is 0.237 e. The Hall–Kier alpha value is -2.15. The molecule has 0 unspecified atom stereocenters. The highest BCUT2D eigenvalue weighted by atomic mass is 35.5. The molecule has 168 valence electrons. The van der Waals surface area contributed by atoms with E-state index in [2.05, 4.69) is 20.1 Å². The van der Waals surface area contributed by atoms with Gasteiger partial charge in [0.05, 0.1) is 32.4 Å². The molecule has 2 atom stereocenters. The van der Waals surface area contributed by atoms with E-state index in [4.69, 9.17) is 21.6 Å². The van der Waals surface area contributed by atoms with Gasteiger partial charge in [-0.05, 0) is 18.9 Å². The fraction of sp³-hybridized carbons (Fsp3) is 0.667. The molecule has 3 fully saturated rings. The van der Waals surface area contributed by atoms with Crippen LogP contribution in [0.15, 0.2) is 12.1 Å². The number of nitriles is 1. The maximum atomic E-state index is 13.6. The number of hydrogen-bond acceptors (Lipinski definition) is 7. The van der Waals surface area contributed by atoms with Crippen molar-refractivity contribution in [2.24, 2.45) is 0 Å². The SMILES string of the molecule is N#C[C@@H]1C[C@H](F)CN1C(=O)CN1CCC(Nc2cc(Cl)nc(N3CCOCC3)c2)CC1. The molecule has 0 saturated carbocycles. The van der Waals surface area contributed by atoms with Crippen LogP contribution in [0.5, 0.6) is 0 Å². The molecular formula is C21H28ClFN6O2. The summed E-state index contributed by atoms with van der Waals surface area (Å²) in [5.41, 5.74) is 0.943. The van der Waals surface area contributed by atoms with Crippen LogP contribution in [0, 0.1) is 11.3 Å². The van der Waals surface area contributed by atoms with Crippen LogP contribution in [-0.4, -0.2) is 91.4 Å². The van der Waals surface area contributed by atoms with E-state index in [9.17, 15) is 9.18 Å². The second kappa shape index (κ2) is 9.98. The van der Waals surface area contributed by atoms with Crippen LogP contribution in [0.1, 0.15) is 19.3 Å². The van der Waals surface area contributed by atoms with Gasteiger partial charge in [-0.3, -0.25) is 9.69 Å². The molecule has 31 heavy (non-hydrogen) atoms. The number of aromatic nitrogens is 1. The third-order valence-corrected chi connectivity index (χ3v) is 6.35. The Morgan fingerprint density at radius 3 is 2.74 bits per heavy atom. The Balaban J connectivity index is 1.28. The minimum Gasteiger partial charge on any atom is -0.382 e. The van der Waals surface area contributed by atoms with Gasteiger partial charge < -0.3 is 19.9 Å². The fourth-order valence-electron chi connectivity index (χ4n) is 4.46. The standard InChI is InChI=1S/C21H28ClFN6O2/c22-19-10-17(11-20(26-19)28-5-7-31-8-6-28)25-16-1-3-27(4-2-16)14-21(30)29-13-15(23)9-18(29)12-24/h10-11,15-16,18H,1-9,13-14H2,(H,25,26)/t15-,18-/m0/s1. The van der Waals surface area contributed by atoms with Gasteiger partial charge in [-0.25, -0.2) is 9.37 Å². The van der Waals surface area contributed by atoms with E-state index in [0.717, 1.165) is 50.5 Å². The van der Waals surface area contributed by atoms with Crippen molar-refractivity contribution in [2.45, 2.75) is 37.5 Å². The number of amides is 1. The zero-order valence-electron chi connectivity index (χ0n) is 17.5. The van der Waals surface area contributed by atoms with Crippen LogP contribution in [-0.2, 0) is 9.53 Å². The number of halogens is 2. The molecule has 3 saturated heterocycles. The predicted molar refractivity (Wildman–Crippen MR) is 116 cm³/mol. The van der Waals surface area contributed by atoms with Crippen molar-refractivity contribution in [3.8, 4) is 6.07 Å². The number of rotatable bonds is 5. The molecule has 4 heterocycles. The third-order valence-electron chi connectivity index (χ3n) is 6.15. The van der Waals surface area contributed by atoms with Gasteiger partial charge in [0.1, 0.15) is 23.2 Å². The van der Waals surface area contributed by atoms with Gasteiger partial charge in [0, 0.05) is 50.4 Å². The normalized spacial score (nSPS) is 25.5. The first-order chi connectivity index (χ1) is 15.0. The van der Waals surface area contributed by atoms with E-state index in [1.165, 1.54) is 4.90 Å². The Morgan fingerprint density at radius 2 is 2.03 bits per heavy atom. The van der Waals surface area contributed by atoms with Crippen molar-refractivity contribution in [2.75, 3.05) is 62.7 Å². The molecule has 0 bridgehead atoms. The first-order valence-corrected chi connectivity index (χ1v) is 11.2. The molecule has 0 spiro atoms. The number of pyridine rings is 1. The molecule has 1 aromatic rings. The van der Waals surface area contributed by atoms with Crippen LogP contribution in [0.3, 0.4) is 0 Å². The number of carbonyl (C=O) groups is 1. The average Bonchev–Trinajstić information content (AvgIpc) is 3.16. The summed E-state index contributed by atoms with van der Waals surface area (Å²) < 4.78 is 19.0. The summed E-state index contributed by atoms with van der Waals surface area (Å²) >= 11 is 6.25. The summed E-state index contributed by atoms with van der Waals surface area (Å²) in [4.78, 5) is 22.6. The van der Waals surface area contributed by atoms with Gasteiger partial charge >= 0.3 is 0 Å². The van der Waals surface area contributed by atoms with E-state index >= 15 is 0 Å². The van der Waals surface area contributed by atoms with E-state index in [1.807, 2.05) is 18.2 Å². The molecule has 0 aliphatic carbocycles. The lowest BCUT2D eigenvalue weighted by Gasteiger charge is -2.34. The zero-order valence-corrected chi connectivity index (χ0v) is 18.2. The molecule has 3 aliphatic heterocycles. The molecule has 1 amide bonds.